The summed E-state index contributed by atoms with van der Waals surface area (Å²) >= 11 is 1.60. The summed E-state index contributed by atoms with van der Waals surface area (Å²) in [5.74, 6) is -0.270. The predicted molar refractivity (Wildman–Crippen MR) is 80.2 cm³/mol. The summed E-state index contributed by atoms with van der Waals surface area (Å²) in [5, 5.41) is 0.994. The van der Waals surface area contributed by atoms with Crippen molar-refractivity contribution in [1.29, 1.82) is 0 Å². The van der Waals surface area contributed by atoms with E-state index in [9.17, 15) is 4.79 Å². The number of aromatic nitrogens is 1. The average Bonchev–Trinajstić information content (AvgIpc) is 2.81. The van der Waals surface area contributed by atoms with Gasteiger partial charge in [-0.3, -0.25) is 0 Å². The Bertz CT molecular complexity index is 505. The van der Waals surface area contributed by atoms with E-state index in [0.29, 0.717) is 12.2 Å². The number of carbonyl (C=O) groups is 1. The van der Waals surface area contributed by atoms with Gasteiger partial charge in [0.1, 0.15) is 0 Å². The minimum absolute atomic E-state index is 0.270. The molecule has 0 bridgehead atoms. The lowest BCUT2D eigenvalue weighted by Gasteiger charge is -2.25. The third-order valence-corrected chi connectivity index (χ3v) is 4.21. The number of morpholine rings is 1. The van der Waals surface area contributed by atoms with Gasteiger partial charge in [0.05, 0.1) is 30.4 Å². The molecule has 1 aliphatic heterocycles. The molecule has 0 aromatic carbocycles. The Balaban J connectivity index is 2.14. The van der Waals surface area contributed by atoms with E-state index in [2.05, 4.69) is 9.88 Å². The van der Waals surface area contributed by atoms with Crippen molar-refractivity contribution < 1.29 is 14.3 Å². The van der Waals surface area contributed by atoms with Crippen molar-refractivity contribution in [3.63, 3.8) is 0 Å². The van der Waals surface area contributed by atoms with Crippen LogP contribution in [0.3, 0.4) is 0 Å². The van der Waals surface area contributed by atoms with E-state index in [4.69, 9.17) is 9.47 Å². The summed E-state index contributed by atoms with van der Waals surface area (Å²) in [7, 11) is 0. The Morgan fingerprint density at radius 1 is 1.50 bits per heavy atom. The number of nitrogens with zero attached hydrogens (tertiary/aromatic N) is 2. The second kappa shape index (κ2) is 6.85. The molecule has 0 amide bonds. The SMILES string of the molecule is CCOC(=O)C(C)=Cc1sc(N2CCOCC2)nc1C. The Hall–Kier alpha value is -1.40. The van der Waals surface area contributed by atoms with Crippen molar-refractivity contribution in [3.05, 3.63) is 16.1 Å². The maximum Gasteiger partial charge on any atom is 0.333 e. The quantitative estimate of drug-likeness (QED) is 0.630. The molecule has 0 aliphatic carbocycles. The predicted octanol–water partition coefficient (Wildman–Crippen LogP) is 2.25. The summed E-state index contributed by atoms with van der Waals surface area (Å²) in [6.45, 7) is 9.15. The molecule has 20 heavy (non-hydrogen) atoms. The van der Waals surface area contributed by atoms with E-state index in [-0.39, 0.29) is 5.97 Å². The highest BCUT2D eigenvalue weighted by atomic mass is 32.1. The fraction of sp³-hybridized carbons (Fsp3) is 0.571. The van der Waals surface area contributed by atoms with Crippen LogP contribution in [-0.2, 0) is 14.3 Å². The number of thiazole rings is 1. The molecule has 110 valence electrons. The number of hydrogen-bond donors (Lipinski definition) is 0. The summed E-state index contributed by atoms with van der Waals surface area (Å²) in [5.41, 5.74) is 1.55. The first-order valence-electron chi connectivity index (χ1n) is 6.77. The Morgan fingerprint density at radius 2 is 2.20 bits per heavy atom. The van der Waals surface area contributed by atoms with Gasteiger partial charge < -0.3 is 14.4 Å². The fourth-order valence-electron chi connectivity index (χ4n) is 1.92. The minimum Gasteiger partial charge on any atom is -0.463 e. The van der Waals surface area contributed by atoms with Gasteiger partial charge in [-0.25, -0.2) is 9.78 Å². The summed E-state index contributed by atoms with van der Waals surface area (Å²) in [6, 6.07) is 0. The molecular weight excluding hydrogens is 276 g/mol. The van der Waals surface area contributed by atoms with Crippen LogP contribution in [0.15, 0.2) is 5.57 Å². The zero-order valence-electron chi connectivity index (χ0n) is 12.1. The van der Waals surface area contributed by atoms with Crippen LogP contribution in [0.4, 0.5) is 5.13 Å². The zero-order chi connectivity index (χ0) is 14.5. The van der Waals surface area contributed by atoms with Gasteiger partial charge in [-0.2, -0.15) is 0 Å². The summed E-state index contributed by atoms with van der Waals surface area (Å²) in [4.78, 5) is 19.5. The van der Waals surface area contributed by atoms with E-state index in [1.54, 1.807) is 25.2 Å². The largest absolute Gasteiger partial charge is 0.463 e. The highest BCUT2D eigenvalue weighted by Crippen LogP contribution is 2.28. The minimum atomic E-state index is -0.270. The molecule has 0 unspecified atom stereocenters. The molecule has 0 radical (unpaired) electrons. The van der Waals surface area contributed by atoms with Crippen LogP contribution in [0, 0.1) is 6.92 Å². The van der Waals surface area contributed by atoms with Gasteiger partial charge in [-0.1, -0.05) is 11.3 Å². The van der Waals surface area contributed by atoms with E-state index in [1.807, 2.05) is 13.0 Å². The van der Waals surface area contributed by atoms with E-state index < -0.39 is 0 Å². The van der Waals surface area contributed by atoms with Gasteiger partial charge in [-0.15, -0.1) is 0 Å². The van der Waals surface area contributed by atoms with Gasteiger partial charge in [-0.05, 0) is 26.8 Å². The Morgan fingerprint density at radius 3 is 2.85 bits per heavy atom. The van der Waals surface area contributed by atoms with Gasteiger partial charge in [0, 0.05) is 18.7 Å². The van der Waals surface area contributed by atoms with Gasteiger partial charge in [0.15, 0.2) is 5.13 Å². The first kappa shape index (κ1) is 15.0. The molecule has 1 aromatic rings. The van der Waals surface area contributed by atoms with Crippen LogP contribution in [-0.4, -0.2) is 43.9 Å². The van der Waals surface area contributed by atoms with Crippen molar-refractivity contribution in [2.24, 2.45) is 0 Å². The first-order valence-corrected chi connectivity index (χ1v) is 7.59. The molecule has 1 aromatic heterocycles. The standard InChI is InChI=1S/C14H20N2O3S/c1-4-19-13(17)10(2)9-12-11(3)15-14(20-12)16-5-7-18-8-6-16/h9H,4-8H2,1-3H3. The zero-order valence-corrected chi connectivity index (χ0v) is 13.0. The molecular formula is C14H20N2O3S. The van der Waals surface area contributed by atoms with Crippen LogP contribution in [0.5, 0.6) is 0 Å². The topological polar surface area (TPSA) is 51.7 Å². The molecule has 2 rings (SSSR count). The molecule has 2 heterocycles. The number of rotatable bonds is 4. The monoisotopic (exact) mass is 296 g/mol. The van der Waals surface area contributed by atoms with Crippen LogP contribution in [0.25, 0.3) is 6.08 Å². The maximum absolute atomic E-state index is 11.6. The second-order valence-corrected chi connectivity index (χ2v) is 5.60. The van der Waals surface area contributed by atoms with Gasteiger partial charge in [0.2, 0.25) is 0 Å². The first-order chi connectivity index (χ1) is 9.61. The van der Waals surface area contributed by atoms with Gasteiger partial charge in [0.25, 0.3) is 0 Å². The lowest BCUT2D eigenvalue weighted by atomic mass is 10.2. The molecule has 1 aliphatic rings. The number of hydrogen-bond acceptors (Lipinski definition) is 6. The van der Waals surface area contributed by atoms with E-state index in [1.165, 1.54) is 0 Å². The van der Waals surface area contributed by atoms with Crippen molar-refractivity contribution in [2.75, 3.05) is 37.8 Å². The number of anilines is 1. The third kappa shape index (κ3) is 3.58. The normalized spacial score (nSPS) is 16.4. The highest BCUT2D eigenvalue weighted by molar-refractivity contribution is 7.16. The molecule has 5 nitrogen and oxygen atoms in total. The molecule has 0 atom stereocenters. The number of ether oxygens (including phenoxy) is 2. The fourth-order valence-corrected chi connectivity index (χ4v) is 3.04. The summed E-state index contributed by atoms with van der Waals surface area (Å²) < 4.78 is 10.3. The van der Waals surface area contributed by atoms with Crippen molar-refractivity contribution in [3.8, 4) is 0 Å². The molecule has 0 spiro atoms. The van der Waals surface area contributed by atoms with E-state index >= 15 is 0 Å². The van der Waals surface area contributed by atoms with Crippen LogP contribution >= 0.6 is 11.3 Å². The smallest absolute Gasteiger partial charge is 0.333 e. The Kier molecular flexibility index (Phi) is 5.14. The third-order valence-electron chi connectivity index (χ3n) is 3.05. The van der Waals surface area contributed by atoms with Gasteiger partial charge >= 0.3 is 5.97 Å². The van der Waals surface area contributed by atoms with Crippen LogP contribution in [0.1, 0.15) is 24.4 Å². The van der Waals surface area contributed by atoms with Crippen molar-refractivity contribution >= 4 is 28.5 Å². The van der Waals surface area contributed by atoms with Crippen molar-refractivity contribution in [1.82, 2.24) is 4.98 Å². The molecule has 1 fully saturated rings. The van der Waals surface area contributed by atoms with Crippen molar-refractivity contribution in [2.45, 2.75) is 20.8 Å². The Labute approximate surface area is 123 Å². The summed E-state index contributed by atoms with van der Waals surface area (Å²) in [6.07, 6.45) is 1.86. The number of esters is 1. The maximum atomic E-state index is 11.6. The number of carbonyl (C=O) groups excluding carboxylic acids is 1. The van der Waals surface area contributed by atoms with Crippen LogP contribution in [0.2, 0.25) is 0 Å². The van der Waals surface area contributed by atoms with E-state index in [0.717, 1.165) is 42.0 Å². The second-order valence-electron chi connectivity index (χ2n) is 4.59. The highest BCUT2D eigenvalue weighted by Gasteiger charge is 2.16. The molecule has 1 saturated heterocycles. The molecule has 0 N–H and O–H groups in total. The lowest BCUT2D eigenvalue weighted by molar-refractivity contribution is -0.138. The molecule has 0 saturated carbocycles. The number of aryl methyl sites for hydroxylation is 1. The molecule has 6 heteroatoms. The average molecular weight is 296 g/mol. The lowest BCUT2D eigenvalue weighted by Crippen LogP contribution is -2.36. The van der Waals surface area contributed by atoms with Crippen LogP contribution < -0.4 is 4.90 Å².